The van der Waals surface area contributed by atoms with Crippen LogP contribution in [0.2, 0.25) is 0 Å². The maximum absolute atomic E-state index is 5.54. The number of anilines is 1. The highest BCUT2D eigenvalue weighted by Gasteiger charge is 2.24. The average Bonchev–Trinajstić information content (AvgIpc) is 2.34. The third-order valence-corrected chi connectivity index (χ3v) is 4.20. The number of aromatic nitrogens is 1. The molecule has 0 aliphatic heterocycles. The van der Waals surface area contributed by atoms with Gasteiger partial charge in [0.15, 0.2) is 0 Å². The van der Waals surface area contributed by atoms with Crippen molar-refractivity contribution in [1.29, 1.82) is 0 Å². The summed E-state index contributed by atoms with van der Waals surface area (Å²) in [5, 5.41) is 3.54. The van der Waals surface area contributed by atoms with Crippen molar-refractivity contribution in [3.05, 3.63) is 22.4 Å². The number of nitrogens with one attached hydrogen (secondary N) is 1. The normalized spacial score (nSPS) is 24.6. The summed E-state index contributed by atoms with van der Waals surface area (Å²) in [6, 6.07) is 2.54. The van der Waals surface area contributed by atoms with Crippen LogP contribution in [0, 0.1) is 6.92 Å². The predicted octanol–water partition coefficient (Wildman–Crippen LogP) is 3.52. The molecule has 0 radical (unpaired) electrons. The molecule has 17 heavy (non-hydrogen) atoms. The van der Waals surface area contributed by atoms with Crippen LogP contribution in [-0.4, -0.2) is 24.2 Å². The van der Waals surface area contributed by atoms with Gasteiger partial charge in [0.25, 0.3) is 0 Å². The van der Waals surface area contributed by atoms with Crippen molar-refractivity contribution in [2.24, 2.45) is 0 Å². The highest BCUT2D eigenvalue weighted by Crippen LogP contribution is 2.25. The number of methoxy groups -OCH3 is 1. The molecule has 1 aliphatic rings. The molecule has 1 fully saturated rings. The van der Waals surface area contributed by atoms with Crippen LogP contribution < -0.4 is 5.32 Å². The molecule has 1 heterocycles. The van der Waals surface area contributed by atoms with Gasteiger partial charge in [-0.2, -0.15) is 0 Å². The van der Waals surface area contributed by atoms with Gasteiger partial charge in [0, 0.05) is 7.11 Å². The summed E-state index contributed by atoms with van der Waals surface area (Å²) in [4.78, 5) is 4.31. The lowest BCUT2D eigenvalue weighted by atomic mass is 9.92. The minimum atomic E-state index is 0.327. The van der Waals surface area contributed by atoms with E-state index in [-0.39, 0.29) is 0 Å². The van der Waals surface area contributed by atoms with Crippen molar-refractivity contribution in [2.45, 2.75) is 44.8 Å². The molecule has 0 bridgehead atoms. The fourth-order valence-electron chi connectivity index (χ4n) is 2.40. The molecule has 2 unspecified atom stereocenters. The molecule has 94 valence electrons. The van der Waals surface area contributed by atoms with Gasteiger partial charge in [-0.1, -0.05) is 12.8 Å². The van der Waals surface area contributed by atoms with Crippen LogP contribution in [0.1, 0.15) is 31.2 Å². The Balaban J connectivity index is 2.05. The van der Waals surface area contributed by atoms with E-state index >= 15 is 0 Å². The fourth-order valence-corrected chi connectivity index (χ4v) is 2.61. The number of rotatable bonds is 3. The van der Waals surface area contributed by atoms with Crippen molar-refractivity contribution in [1.82, 2.24) is 4.98 Å². The van der Waals surface area contributed by atoms with Crippen molar-refractivity contribution < 1.29 is 4.74 Å². The largest absolute Gasteiger partial charge is 0.379 e. The standard InChI is InChI=1S/C13H19BrN2O/c1-9-7-10(8-15-13(9)14)16-11-5-3-4-6-12(11)17-2/h7-8,11-12,16H,3-6H2,1-2H3. The molecular weight excluding hydrogens is 280 g/mol. The second-order valence-electron chi connectivity index (χ2n) is 4.64. The molecule has 1 N–H and O–H groups in total. The van der Waals surface area contributed by atoms with Crippen LogP contribution in [0.15, 0.2) is 16.9 Å². The third kappa shape index (κ3) is 3.19. The Morgan fingerprint density at radius 1 is 1.41 bits per heavy atom. The Kier molecular flexibility index (Phi) is 4.40. The van der Waals surface area contributed by atoms with Crippen molar-refractivity contribution in [3.63, 3.8) is 0 Å². The Bertz CT molecular complexity index is 384. The summed E-state index contributed by atoms with van der Waals surface area (Å²) in [5.41, 5.74) is 2.24. The first-order valence-corrected chi connectivity index (χ1v) is 6.91. The van der Waals surface area contributed by atoms with Crippen LogP contribution in [0.4, 0.5) is 5.69 Å². The SMILES string of the molecule is COC1CCCCC1Nc1cnc(Br)c(C)c1. The predicted molar refractivity (Wildman–Crippen MR) is 73.3 cm³/mol. The number of pyridine rings is 1. The Morgan fingerprint density at radius 2 is 2.18 bits per heavy atom. The molecule has 0 saturated heterocycles. The molecule has 4 heteroatoms. The molecule has 2 atom stereocenters. The Morgan fingerprint density at radius 3 is 2.88 bits per heavy atom. The fraction of sp³-hybridized carbons (Fsp3) is 0.615. The molecule has 0 amide bonds. The maximum atomic E-state index is 5.54. The summed E-state index contributed by atoms with van der Waals surface area (Å²) >= 11 is 3.42. The quantitative estimate of drug-likeness (QED) is 0.867. The van der Waals surface area contributed by atoms with E-state index < -0.39 is 0 Å². The second-order valence-corrected chi connectivity index (χ2v) is 5.39. The first-order valence-electron chi connectivity index (χ1n) is 6.12. The van der Waals surface area contributed by atoms with Gasteiger partial charge in [-0.3, -0.25) is 0 Å². The molecule has 1 aromatic heterocycles. The van der Waals surface area contributed by atoms with Gasteiger partial charge in [-0.05, 0) is 47.3 Å². The molecule has 0 aromatic carbocycles. The third-order valence-electron chi connectivity index (χ3n) is 3.37. The smallest absolute Gasteiger partial charge is 0.109 e. The molecular formula is C13H19BrN2O. The van der Waals surface area contributed by atoms with E-state index in [2.05, 4.69) is 39.2 Å². The minimum absolute atomic E-state index is 0.327. The van der Waals surface area contributed by atoms with E-state index in [1.165, 1.54) is 19.3 Å². The van der Waals surface area contributed by atoms with E-state index in [0.29, 0.717) is 12.1 Å². The summed E-state index contributed by atoms with van der Waals surface area (Å²) in [5.74, 6) is 0. The molecule has 1 saturated carbocycles. The summed E-state index contributed by atoms with van der Waals surface area (Å²) in [6.45, 7) is 2.05. The van der Waals surface area contributed by atoms with Gasteiger partial charge < -0.3 is 10.1 Å². The van der Waals surface area contributed by atoms with Gasteiger partial charge >= 0.3 is 0 Å². The van der Waals surface area contributed by atoms with Crippen LogP contribution in [-0.2, 0) is 4.74 Å². The molecule has 1 aliphatic carbocycles. The first-order chi connectivity index (χ1) is 8.20. The lowest BCUT2D eigenvalue weighted by Gasteiger charge is -2.31. The van der Waals surface area contributed by atoms with Crippen LogP contribution in [0.3, 0.4) is 0 Å². The second kappa shape index (κ2) is 5.83. The summed E-state index contributed by atoms with van der Waals surface area (Å²) < 4.78 is 6.45. The molecule has 1 aromatic rings. The molecule has 2 rings (SSSR count). The average molecular weight is 299 g/mol. The van der Waals surface area contributed by atoms with Crippen LogP contribution in [0.25, 0.3) is 0 Å². The van der Waals surface area contributed by atoms with E-state index in [9.17, 15) is 0 Å². The van der Waals surface area contributed by atoms with Gasteiger partial charge in [0.1, 0.15) is 4.60 Å². The van der Waals surface area contributed by atoms with Crippen molar-refractivity contribution in [3.8, 4) is 0 Å². The van der Waals surface area contributed by atoms with Gasteiger partial charge in [0.05, 0.1) is 24.0 Å². The number of nitrogens with zero attached hydrogens (tertiary/aromatic N) is 1. The van der Waals surface area contributed by atoms with Gasteiger partial charge in [-0.15, -0.1) is 0 Å². The number of halogens is 1. The van der Waals surface area contributed by atoms with E-state index in [1.807, 2.05) is 6.20 Å². The van der Waals surface area contributed by atoms with Crippen LogP contribution in [0.5, 0.6) is 0 Å². The number of hydrogen-bond acceptors (Lipinski definition) is 3. The zero-order valence-corrected chi connectivity index (χ0v) is 12.0. The zero-order valence-electron chi connectivity index (χ0n) is 10.4. The summed E-state index contributed by atoms with van der Waals surface area (Å²) in [6.07, 6.45) is 7.07. The topological polar surface area (TPSA) is 34.1 Å². The van der Waals surface area contributed by atoms with Gasteiger partial charge in [-0.25, -0.2) is 4.98 Å². The highest BCUT2D eigenvalue weighted by molar-refractivity contribution is 9.10. The lowest BCUT2D eigenvalue weighted by molar-refractivity contribution is 0.0606. The summed E-state index contributed by atoms with van der Waals surface area (Å²) in [7, 11) is 1.80. The minimum Gasteiger partial charge on any atom is -0.379 e. The highest BCUT2D eigenvalue weighted by atomic mass is 79.9. The molecule has 0 spiro atoms. The molecule has 3 nitrogen and oxygen atoms in total. The maximum Gasteiger partial charge on any atom is 0.109 e. The monoisotopic (exact) mass is 298 g/mol. The number of hydrogen-bond donors (Lipinski definition) is 1. The number of aryl methyl sites for hydroxylation is 1. The van der Waals surface area contributed by atoms with Gasteiger partial charge in [0.2, 0.25) is 0 Å². The van der Waals surface area contributed by atoms with Crippen LogP contribution >= 0.6 is 15.9 Å². The van der Waals surface area contributed by atoms with Crippen molar-refractivity contribution >= 4 is 21.6 Å². The Hall–Kier alpha value is -0.610. The Labute approximate surface area is 111 Å². The zero-order chi connectivity index (χ0) is 12.3. The van der Waals surface area contributed by atoms with E-state index in [0.717, 1.165) is 22.3 Å². The van der Waals surface area contributed by atoms with E-state index in [1.54, 1.807) is 7.11 Å². The van der Waals surface area contributed by atoms with Crippen molar-refractivity contribution in [2.75, 3.05) is 12.4 Å². The lowest BCUT2D eigenvalue weighted by Crippen LogP contribution is -2.37. The first kappa shape index (κ1) is 12.8. The van der Waals surface area contributed by atoms with E-state index in [4.69, 9.17) is 4.74 Å². The number of ether oxygens (including phenoxy) is 1.